The van der Waals surface area contributed by atoms with E-state index in [1.54, 1.807) is 0 Å². The first-order valence-corrected chi connectivity index (χ1v) is 5.58. The second kappa shape index (κ2) is 8.52. The van der Waals surface area contributed by atoms with Crippen LogP contribution in [-0.4, -0.2) is 24.3 Å². The molecule has 2 unspecified atom stereocenters. The van der Waals surface area contributed by atoms with E-state index >= 15 is 0 Å². The molecule has 0 fully saturated rings. The zero-order valence-corrected chi connectivity index (χ0v) is 9.34. The molecule has 0 aliphatic rings. The lowest BCUT2D eigenvalue weighted by molar-refractivity contribution is 0.243. The molecular weight excluding hydrogens is 162 g/mol. The summed E-state index contributed by atoms with van der Waals surface area (Å²) in [4.78, 5) is 0. The minimum atomic E-state index is 0.240. The van der Waals surface area contributed by atoms with E-state index in [0.29, 0.717) is 0 Å². The van der Waals surface area contributed by atoms with Gasteiger partial charge in [-0.2, -0.15) is 0 Å². The predicted molar refractivity (Wildman–Crippen MR) is 57.9 cm³/mol. The Bertz CT molecular complexity index is 106. The van der Waals surface area contributed by atoms with Crippen LogP contribution >= 0.6 is 0 Å². The van der Waals surface area contributed by atoms with Crippen LogP contribution in [0.5, 0.6) is 0 Å². The Kier molecular flexibility index (Phi) is 8.46. The smallest absolute Gasteiger partial charge is 0.0581 e. The molecule has 2 nitrogen and oxygen atoms in total. The van der Waals surface area contributed by atoms with Crippen LogP contribution in [0.4, 0.5) is 0 Å². The Labute approximate surface area is 82.7 Å². The summed E-state index contributed by atoms with van der Waals surface area (Å²) in [6, 6.07) is 0.246. The Hall–Kier alpha value is -0.0800. The third kappa shape index (κ3) is 7.03. The van der Waals surface area contributed by atoms with Crippen molar-refractivity contribution in [1.29, 1.82) is 0 Å². The van der Waals surface area contributed by atoms with Crippen LogP contribution in [0.15, 0.2) is 0 Å². The summed E-state index contributed by atoms with van der Waals surface area (Å²) < 4.78 is 0. The number of rotatable bonds is 8. The van der Waals surface area contributed by atoms with Crippen LogP contribution in [0, 0.1) is 5.92 Å². The Morgan fingerprint density at radius 2 is 2.00 bits per heavy atom. The molecule has 0 saturated heterocycles. The molecule has 0 aliphatic carbocycles. The Balaban J connectivity index is 3.46. The predicted octanol–water partition coefficient (Wildman–Crippen LogP) is 2.17. The molecule has 0 aromatic heterocycles. The third-order valence-electron chi connectivity index (χ3n) is 2.57. The highest BCUT2D eigenvalue weighted by Crippen LogP contribution is 2.11. The lowest BCUT2D eigenvalue weighted by Gasteiger charge is -2.18. The summed E-state index contributed by atoms with van der Waals surface area (Å²) in [6.45, 7) is 7.79. The second-order valence-electron chi connectivity index (χ2n) is 3.91. The number of hydrogen-bond donors (Lipinski definition) is 2. The molecule has 2 heteroatoms. The molecule has 0 saturated carbocycles. The molecule has 0 aromatic carbocycles. The number of hydrogen-bond acceptors (Lipinski definition) is 2. The number of aliphatic hydroxyl groups is 1. The lowest BCUT2D eigenvalue weighted by atomic mass is 9.99. The second-order valence-corrected chi connectivity index (χ2v) is 3.91. The standard InChI is InChI=1S/C11H25NO/c1-4-6-7-11(5-2)8-12-10(3)9-13/h10-13H,4-9H2,1-3H3. The van der Waals surface area contributed by atoms with Gasteiger partial charge in [0.1, 0.15) is 0 Å². The molecule has 13 heavy (non-hydrogen) atoms. The maximum Gasteiger partial charge on any atom is 0.0581 e. The van der Waals surface area contributed by atoms with E-state index in [2.05, 4.69) is 19.2 Å². The van der Waals surface area contributed by atoms with E-state index in [1.165, 1.54) is 25.7 Å². The van der Waals surface area contributed by atoms with Crippen molar-refractivity contribution in [2.24, 2.45) is 5.92 Å². The highest BCUT2D eigenvalue weighted by Gasteiger charge is 2.06. The highest BCUT2D eigenvalue weighted by molar-refractivity contribution is 4.64. The first-order chi connectivity index (χ1) is 6.24. The lowest BCUT2D eigenvalue weighted by Crippen LogP contribution is -2.33. The van der Waals surface area contributed by atoms with Crippen LogP contribution in [0.2, 0.25) is 0 Å². The van der Waals surface area contributed by atoms with Crippen molar-refractivity contribution in [1.82, 2.24) is 5.32 Å². The molecular formula is C11H25NO. The topological polar surface area (TPSA) is 32.3 Å². The largest absolute Gasteiger partial charge is 0.395 e. The van der Waals surface area contributed by atoms with Gasteiger partial charge in [-0.25, -0.2) is 0 Å². The van der Waals surface area contributed by atoms with Gasteiger partial charge in [0.15, 0.2) is 0 Å². The molecule has 0 amide bonds. The molecule has 0 radical (unpaired) electrons. The van der Waals surface area contributed by atoms with Gasteiger partial charge in [0.2, 0.25) is 0 Å². The van der Waals surface area contributed by atoms with Gasteiger partial charge in [-0.3, -0.25) is 0 Å². The maximum atomic E-state index is 8.83. The van der Waals surface area contributed by atoms with Crippen LogP contribution in [-0.2, 0) is 0 Å². The van der Waals surface area contributed by atoms with Crippen LogP contribution < -0.4 is 5.32 Å². The van der Waals surface area contributed by atoms with Crippen LogP contribution in [0.25, 0.3) is 0 Å². The van der Waals surface area contributed by atoms with E-state index in [0.717, 1.165) is 12.5 Å². The van der Waals surface area contributed by atoms with Gasteiger partial charge in [-0.15, -0.1) is 0 Å². The Morgan fingerprint density at radius 1 is 1.31 bits per heavy atom. The van der Waals surface area contributed by atoms with Gasteiger partial charge in [-0.1, -0.05) is 33.1 Å². The van der Waals surface area contributed by atoms with Crippen LogP contribution in [0.3, 0.4) is 0 Å². The van der Waals surface area contributed by atoms with Crippen molar-refractivity contribution < 1.29 is 5.11 Å². The molecule has 2 N–H and O–H groups in total. The molecule has 2 atom stereocenters. The van der Waals surface area contributed by atoms with Crippen molar-refractivity contribution in [3.63, 3.8) is 0 Å². The van der Waals surface area contributed by atoms with E-state index in [1.807, 2.05) is 6.92 Å². The fourth-order valence-corrected chi connectivity index (χ4v) is 1.38. The van der Waals surface area contributed by atoms with E-state index in [9.17, 15) is 0 Å². The summed E-state index contributed by atoms with van der Waals surface area (Å²) >= 11 is 0. The van der Waals surface area contributed by atoms with Crippen molar-refractivity contribution >= 4 is 0 Å². The molecule has 0 heterocycles. The minimum absolute atomic E-state index is 0.240. The fourth-order valence-electron chi connectivity index (χ4n) is 1.38. The quantitative estimate of drug-likeness (QED) is 0.610. The van der Waals surface area contributed by atoms with Gasteiger partial charge in [0, 0.05) is 6.04 Å². The van der Waals surface area contributed by atoms with Gasteiger partial charge < -0.3 is 10.4 Å². The Morgan fingerprint density at radius 3 is 2.46 bits per heavy atom. The zero-order chi connectivity index (χ0) is 10.1. The van der Waals surface area contributed by atoms with Gasteiger partial charge in [0.05, 0.1) is 6.61 Å². The van der Waals surface area contributed by atoms with Crippen molar-refractivity contribution in [3.8, 4) is 0 Å². The first-order valence-electron chi connectivity index (χ1n) is 5.58. The summed E-state index contributed by atoms with van der Waals surface area (Å²) in [5, 5.41) is 12.2. The van der Waals surface area contributed by atoms with E-state index in [-0.39, 0.29) is 12.6 Å². The van der Waals surface area contributed by atoms with Crippen LogP contribution in [0.1, 0.15) is 46.5 Å². The molecule has 0 aromatic rings. The van der Waals surface area contributed by atoms with Gasteiger partial charge in [-0.05, 0) is 25.8 Å². The molecule has 0 spiro atoms. The number of unbranched alkanes of at least 4 members (excludes halogenated alkanes) is 1. The number of aliphatic hydroxyl groups excluding tert-OH is 1. The maximum absolute atomic E-state index is 8.83. The SMILES string of the molecule is CCCCC(CC)CNC(C)CO. The minimum Gasteiger partial charge on any atom is -0.395 e. The monoisotopic (exact) mass is 187 g/mol. The summed E-state index contributed by atoms with van der Waals surface area (Å²) in [5.41, 5.74) is 0. The average Bonchev–Trinajstić information content (AvgIpc) is 2.17. The third-order valence-corrected chi connectivity index (χ3v) is 2.57. The fraction of sp³-hybridized carbons (Fsp3) is 1.00. The normalized spacial score (nSPS) is 15.7. The number of nitrogens with one attached hydrogen (secondary N) is 1. The molecule has 0 bridgehead atoms. The zero-order valence-electron chi connectivity index (χ0n) is 9.34. The van der Waals surface area contributed by atoms with E-state index in [4.69, 9.17) is 5.11 Å². The highest BCUT2D eigenvalue weighted by atomic mass is 16.3. The van der Waals surface area contributed by atoms with Crippen molar-refractivity contribution in [2.45, 2.75) is 52.5 Å². The summed E-state index contributed by atoms with van der Waals surface area (Å²) in [7, 11) is 0. The summed E-state index contributed by atoms with van der Waals surface area (Å²) in [5.74, 6) is 0.786. The molecule has 80 valence electrons. The van der Waals surface area contributed by atoms with Gasteiger partial charge >= 0.3 is 0 Å². The van der Waals surface area contributed by atoms with Crippen molar-refractivity contribution in [3.05, 3.63) is 0 Å². The average molecular weight is 187 g/mol. The van der Waals surface area contributed by atoms with Crippen molar-refractivity contribution in [2.75, 3.05) is 13.2 Å². The molecule has 0 rings (SSSR count). The molecule has 0 aliphatic heterocycles. The van der Waals surface area contributed by atoms with Gasteiger partial charge in [0.25, 0.3) is 0 Å². The summed E-state index contributed by atoms with van der Waals surface area (Å²) in [6.07, 6.45) is 5.17. The van der Waals surface area contributed by atoms with E-state index < -0.39 is 0 Å². The first kappa shape index (κ1) is 12.9.